The van der Waals surface area contributed by atoms with E-state index in [0.29, 0.717) is 28.1 Å². The number of alkyl halides is 4. The Morgan fingerprint density at radius 1 is 0.500 bits per heavy atom. The maximum Gasteiger partial charge on any atom is 0.0492 e. The summed E-state index contributed by atoms with van der Waals surface area (Å²) in [7, 11) is 0. The molecule has 4 heteroatoms. The Hall–Kier alpha value is 1.92. The summed E-state index contributed by atoms with van der Waals surface area (Å²) < 4.78 is 1.49. The predicted molar refractivity (Wildman–Crippen MR) is 97.7 cm³/mol. The van der Waals surface area contributed by atoms with E-state index in [2.05, 4.69) is 63.7 Å². The molecule has 0 aromatic rings. The molecule has 5 aliphatic carbocycles. The van der Waals surface area contributed by atoms with E-state index in [4.69, 9.17) is 0 Å². The number of fused-ring (bicyclic) bond motifs is 3. The van der Waals surface area contributed by atoms with Gasteiger partial charge in [-0.15, -0.1) is 0 Å². The van der Waals surface area contributed by atoms with Crippen LogP contribution in [0, 0.1) is 10.8 Å². The maximum atomic E-state index is 4.35. The van der Waals surface area contributed by atoms with Crippen molar-refractivity contribution in [3.8, 4) is 0 Å². The van der Waals surface area contributed by atoms with E-state index in [0.717, 1.165) is 0 Å². The standard InChI is InChI=1S/C16H20Br4/c17-11-3-1-5-13(7-11)14-6-2-4-12(18,8-14)10-16(14,20)15(13,19)9-11/h1-10H2/t11-,12-,13-,14-,15+,16+/m1/s1. The molecule has 5 fully saturated rings. The Balaban J connectivity index is 1.73. The van der Waals surface area contributed by atoms with Crippen molar-refractivity contribution in [1.29, 1.82) is 0 Å². The average Bonchev–Trinajstić information content (AvgIpc) is 2.61. The highest BCUT2D eigenvalue weighted by molar-refractivity contribution is 9.13. The third-order valence-corrected chi connectivity index (χ3v) is 13.8. The topological polar surface area (TPSA) is 0 Å². The van der Waals surface area contributed by atoms with E-state index in [1.54, 1.807) is 0 Å². The second kappa shape index (κ2) is 3.61. The van der Waals surface area contributed by atoms with Gasteiger partial charge in [-0.1, -0.05) is 76.6 Å². The van der Waals surface area contributed by atoms with Crippen molar-refractivity contribution in [2.45, 2.75) is 81.5 Å². The van der Waals surface area contributed by atoms with Gasteiger partial charge in [-0.05, 0) is 62.2 Å². The van der Waals surface area contributed by atoms with E-state index in [-0.39, 0.29) is 0 Å². The molecule has 2 spiro atoms. The van der Waals surface area contributed by atoms with Crippen LogP contribution in [-0.2, 0) is 0 Å². The smallest absolute Gasteiger partial charge is 0.0492 e. The van der Waals surface area contributed by atoms with Crippen LogP contribution in [0.1, 0.15) is 64.2 Å². The van der Waals surface area contributed by atoms with Gasteiger partial charge in [0, 0.05) is 17.3 Å². The van der Waals surface area contributed by atoms with Crippen molar-refractivity contribution in [1.82, 2.24) is 0 Å². The van der Waals surface area contributed by atoms with Gasteiger partial charge in [-0.3, -0.25) is 0 Å². The van der Waals surface area contributed by atoms with Crippen molar-refractivity contribution in [2.24, 2.45) is 10.8 Å². The maximum absolute atomic E-state index is 4.35. The average molecular weight is 532 g/mol. The molecule has 0 saturated heterocycles. The Kier molecular flexibility index (Phi) is 2.58. The fourth-order valence-electron chi connectivity index (χ4n) is 7.59. The van der Waals surface area contributed by atoms with Gasteiger partial charge < -0.3 is 0 Å². The van der Waals surface area contributed by atoms with Crippen LogP contribution in [0.2, 0.25) is 0 Å². The number of hydrogen-bond donors (Lipinski definition) is 0. The van der Waals surface area contributed by atoms with Crippen LogP contribution >= 0.6 is 63.7 Å². The van der Waals surface area contributed by atoms with Crippen LogP contribution in [0.25, 0.3) is 0 Å². The Labute approximate surface area is 155 Å². The lowest BCUT2D eigenvalue weighted by molar-refractivity contribution is -0.141. The molecule has 6 atom stereocenters. The molecule has 20 heavy (non-hydrogen) atoms. The zero-order valence-electron chi connectivity index (χ0n) is 11.6. The molecule has 5 aliphatic rings. The van der Waals surface area contributed by atoms with Gasteiger partial charge in [-0.2, -0.15) is 0 Å². The van der Waals surface area contributed by atoms with Gasteiger partial charge >= 0.3 is 0 Å². The highest BCUT2D eigenvalue weighted by Crippen LogP contribution is 2.93. The zero-order valence-corrected chi connectivity index (χ0v) is 17.9. The lowest BCUT2D eigenvalue weighted by atomic mass is 9.37. The third kappa shape index (κ3) is 1.17. The molecule has 0 heterocycles. The highest BCUT2D eigenvalue weighted by Gasteiger charge is 2.92. The fourth-order valence-corrected chi connectivity index (χ4v) is 14.3. The minimum atomic E-state index is 0.326. The van der Waals surface area contributed by atoms with E-state index in [9.17, 15) is 0 Å². The summed E-state index contributed by atoms with van der Waals surface area (Å²) in [5.41, 5.74) is 1.09. The summed E-state index contributed by atoms with van der Waals surface area (Å²) in [6.45, 7) is 0. The molecular weight excluding hydrogens is 512 g/mol. The molecular formula is C16H20Br4. The van der Waals surface area contributed by atoms with Crippen molar-refractivity contribution >= 4 is 63.7 Å². The van der Waals surface area contributed by atoms with Gasteiger partial charge in [0.2, 0.25) is 0 Å². The largest absolute Gasteiger partial charge is 0.0853 e. The van der Waals surface area contributed by atoms with Crippen LogP contribution in [0.3, 0.4) is 0 Å². The molecule has 0 aliphatic heterocycles. The Morgan fingerprint density at radius 3 is 1.30 bits per heavy atom. The molecule has 5 rings (SSSR count). The minimum absolute atomic E-state index is 0.326. The molecule has 0 N–H and O–H groups in total. The van der Waals surface area contributed by atoms with Gasteiger partial charge in [0.1, 0.15) is 0 Å². The normalized spacial score (nSPS) is 70.2. The first-order chi connectivity index (χ1) is 9.24. The first-order valence-electron chi connectivity index (χ1n) is 8.00. The number of hydrogen-bond acceptors (Lipinski definition) is 0. The highest BCUT2D eigenvalue weighted by atomic mass is 79.9. The third-order valence-electron chi connectivity index (χ3n) is 7.88. The van der Waals surface area contributed by atoms with Gasteiger partial charge in [0.05, 0.1) is 0 Å². The summed E-state index contributed by atoms with van der Waals surface area (Å²) in [5, 5.41) is 0. The summed E-state index contributed by atoms with van der Waals surface area (Å²) in [4.78, 5) is 0. The van der Waals surface area contributed by atoms with Crippen LogP contribution in [0.15, 0.2) is 0 Å². The molecule has 112 valence electrons. The molecule has 0 unspecified atom stereocenters. The zero-order chi connectivity index (χ0) is 14.1. The summed E-state index contributed by atoms with van der Waals surface area (Å²) >= 11 is 17.0. The molecule has 0 aromatic carbocycles. The van der Waals surface area contributed by atoms with E-state index in [1.165, 1.54) is 64.2 Å². The Morgan fingerprint density at radius 2 is 0.900 bits per heavy atom. The lowest BCUT2D eigenvalue weighted by Crippen LogP contribution is -2.78. The van der Waals surface area contributed by atoms with Crippen molar-refractivity contribution in [2.75, 3.05) is 0 Å². The Bertz CT molecular complexity index is 477. The number of rotatable bonds is 0. The first-order valence-corrected chi connectivity index (χ1v) is 11.2. The predicted octanol–water partition coefficient (Wildman–Crippen LogP) is 6.46. The lowest BCUT2D eigenvalue weighted by Gasteiger charge is -2.75. The van der Waals surface area contributed by atoms with Crippen LogP contribution < -0.4 is 0 Å². The van der Waals surface area contributed by atoms with Gasteiger partial charge in [0.15, 0.2) is 0 Å². The van der Waals surface area contributed by atoms with Crippen LogP contribution in [0.4, 0.5) is 0 Å². The van der Waals surface area contributed by atoms with Crippen molar-refractivity contribution in [3.05, 3.63) is 0 Å². The van der Waals surface area contributed by atoms with E-state index < -0.39 is 0 Å². The molecule has 0 nitrogen and oxygen atoms in total. The van der Waals surface area contributed by atoms with E-state index >= 15 is 0 Å². The minimum Gasteiger partial charge on any atom is -0.0853 e. The molecule has 0 amide bonds. The fraction of sp³-hybridized carbons (Fsp3) is 1.00. The van der Waals surface area contributed by atoms with Gasteiger partial charge in [0.25, 0.3) is 0 Å². The second-order valence-electron chi connectivity index (χ2n) is 8.48. The van der Waals surface area contributed by atoms with Crippen LogP contribution in [-0.4, -0.2) is 17.3 Å². The second-order valence-corrected chi connectivity index (χ2v) is 14.6. The van der Waals surface area contributed by atoms with E-state index in [1.807, 2.05) is 0 Å². The van der Waals surface area contributed by atoms with Crippen molar-refractivity contribution < 1.29 is 0 Å². The molecule has 0 radical (unpaired) electrons. The first kappa shape index (κ1) is 14.3. The number of halogens is 4. The quantitative estimate of drug-likeness (QED) is 0.315. The molecule has 5 saturated carbocycles. The molecule has 0 aromatic heterocycles. The summed E-state index contributed by atoms with van der Waals surface area (Å²) in [5.74, 6) is 0. The SMILES string of the molecule is Br[C@]12CCC[C@]3(C1)[C@@](Br)(C2)[C@]1(Br)C[C@@]2(Br)CCC[C@]13C2. The monoisotopic (exact) mass is 528 g/mol. The summed E-state index contributed by atoms with van der Waals surface area (Å²) in [6.07, 6.45) is 13.9. The summed E-state index contributed by atoms with van der Waals surface area (Å²) in [6, 6.07) is 0. The van der Waals surface area contributed by atoms with Crippen LogP contribution in [0.5, 0.6) is 0 Å². The van der Waals surface area contributed by atoms with Crippen molar-refractivity contribution in [3.63, 3.8) is 0 Å². The molecule has 4 bridgehead atoms. The van der Waals surface area contributed by atoms with Gasteiger partial charge in [-0.25, -0.2) is 0 Å².